The summed E-state index contributed by atoms with van der Waals surface area (Å²) in [6, 6.07) is 13.1. The van der Waals surface area contributed by atoms with Gasteiger partial charge in [0.1, 0.15) is 5.82 Å². The Morgan fingerprint density at radius 1 is 1.07 bits per heavy atom. The molecular formula is C20H23ClFN3O3. The standard InChI is InChI=1S/C20H22FN3O3.ClH/c21-17-3-1-2-4-18(17)24-19(25)11-14-5-7-15(8-6-14)23-20(26)12-16-13-27-10-9-22-16;/h1-8,16,22H,9-13H2,(H,23,26)(H,24,25);1H. The third kappa shape index (κ3) is 6.60. The first-order chi connectivity index (χ1) is 13.1. The van der Waals surface area contributed by atoms with Gasteiger partial charge in [-0.1, -0.05) is 24.3 Å². The van der Waals surface area contributed by atoms with Crippen LogP contribution >= 0.6 is 12.4 Å². The fourth-order valence-corrected chi connectivity index (χ4v) is 2.83. The van der Waals surface area contributed by atoms with E-state index in [1.54, 1.807) is 36.4 Å². The Balaban J connectivity index is 0.00000280. The minimum atomic E-state index is -0.471. The number of carbonyl (C=O) groups is 2. The predicted octanol–water partition coefficient (Wildman–Crippen LogP) is 2.75. The maximum atomic E-state index is 13.6. The third-order valence-corrected chi connectivity index (χ3v) is 4.18. The van der Waals surface area contributed by atoms with Crippen LogP contribution in [-0.4, -0.2) is 37.6 Å². The van der Waals surface area contributed by atoms with Crippen LogP contribution in [0.3, 0.4) is 0 Å². The highest BCUT2D eigenvalue weighted by molar-refractivity contribution is 5.93. The molecule has 1 saturated heterocycles. The van der Waals surface area contributed by atoms with Gasteiger partial charge in [-0.05, 0) is 29.8 Å². The van der Waals surface area contributed by atoms with E-state index in [2.05, 4.69) is 16.0 Å². The summed E-state index contributed by atoms with van der Waals surface area (Å²) < 4.78 is 18.9. The number of halogens is 2. The smallest absolute Gasteiger partial charge is 0.228 e. The Labute approximate surface area is 169 Å². The van der Waals surface area contributed by atoms with Gasteiger partial charge in [-0.25, -0.2) is 4.39 Å². The highest BCUT2D eigenvalue weighted by Crippen LogP contribution is 2.15. The first-order valence-electron chi connectivity index (χ1n) is 8.84. The van der Waals surface area contributed by atoms with Gasteiger partial charge in [0.2, 0.25) is 11.8 Å². The van der Waals surface area contributed by atoms with E-state index in [0.29, 0.717) is 25.3 Å². The number of hydrogen-bond donors (Lipinski definition) is 3. The van der Waals surface area contributed by atoms with Gasteiger partial charge in [0.25, 0.3) is 0 Å². The highest BCUT2D eigenvalue weighted by Gasteiger charge is 2.17. The number of rotatable bonds is 6. The molecule has 1 atom stereocenters. The normalized spacial score (nSPS) is 16.0. The lowest BCUT2D eigenvalue weighted by Crippen LogP contribution is -2.43. The van der Waals surface area contributed by atoms with Crippen molar-refractivity contribution in [1.29, 1.82) is 0 Å². The molecule has 0 radical (unpaired) electrons. The SMILES string of the molecule is Cl.O=C(CC1COCCN1)Nc1ccc(CC(=O)Nc2ccccc2F)cc1. The van der Waals surface area contributed by atoms with Gasteiger partial charge in [0, 0.05) is 24.7 Å². The molecule has 2 amide bonds. The van der Waals surface area contributed by atoms with Gasteiger partial charge in [0.05, 0.1) is 25.3 Å². The molecule has 2 aromatic carbocycles. The molecule has 1 fully saturated rings. The second-order valence-electron chi connectivity index (χ2n) is 6.38. The maximum absolute atomic E-state index is 13.6. The summed E-state index contributed by atoms with van der Waals surface area (Å²) in [6.07, 6.45) is 0.457. The Morgan fingerprint density at radius 2 is 1.82 bits per heavy atom. The fourth-order valence-electron chi connectivity index (χ4n) is 2.83. The molecular weight excluding hydrogens is 385 g/mol. The summed E-state index contributed by atoms with van der Waals surface area (Å²) in [7, 11) is 0. The van der Waals surface area contributed by atoms with Crippen LogP contribution in [0, 0.1) is 5.82 Å². The molecule has 0 bridgehead atoms. The van der Waals surface area contributed by atoms with Crippen molar-refractivity contribution in [1.82, 2.24) is 5.32 Å². The van der Waals surface area contributed by atoms with Crippen molar-refractivity contribution in [3.8, 4) is 0 Å². The Hall–Kier alpha value is -2.48. The van der Waals surface area contributed by atoms with Crippen molar-refractivity contribution >= 4 is 35.6 Å². The van der Waals surface area contributed by atoms with Crippen LogP contribution in [0.5, 0.6) is 0 Å². The zero-order valence-electron chi connectivity index (χ0n) is 15.2. The van der Waals surface area contributed by atoms with E-state index in [0.717, 1.165) is 12.1 Å². The van der Waals surface area contributed by atoms with Crippen LogP contribution in [0.1, 0.15) is 12.0 Å². The number of anilines is 2. The molecule has 1 aliphatic rings. The number of benzene rings is 2. The van der Waals surface area contributed by atoms with E-state index in [1.807, 2.05) is 0 Å². The molecule has 1 unspecified atom stereocenters. The van der Waals surface area contributed by atoms with Crippen LogP contribution in [0.2, 0.25) is 0 Å². The average Bonchev–Trinajstić information content (AvgIpc) is 2.66. The number of hydrogen-bond acceptors (Lipinski definition) is 4. The van der Waals surface area contributed by atoms with E-state index in [9.17, 15) is 14.0 Å². The van der Waals surface area contributed by atoms with Crippen molar-refractivity contribution < 1.29 is 18.7 Å². The van der Waals surface area contributed by atoms with Crippen LogP contribution in [-0.2, 0) is 20.7 Å². The summed E-state index contributed by atoms with van der Waals surface area (Å²) >= 11 is 0. The molecule has 8 heteroatoms. The van der Waals surface area contributed by atoms with Gasteiger partial charge < -0.3 is 20.7 Å². The average molecular weight is 408 g/mol. The summed E-state index contributed by atoms with van der Waals surface area (Å²) in [4.78, 5) is 24.1. The van der Waals surface area contributed by atoms with Gasteiger partial charge in [-0.3, -0.25) is 9.59 Å². The molecule has 0 aliphatic carbocycles. The van der Waals surface area contributed by atoms with Crippen molar-refractivity contribution in [3.63, 3.8) is 0 Å². The van der Waals surface area contributed by atoms with Gasteiger partial charge in [-0.15, -0.1) is 12.4 Å². The molecule has 2 aromatic rings. The number of ether oxygens (including phenoxy) is 1. The molecule has 0 spiro atoms. The van der Waals surface area contributed by atoms with Crippen molar-refractivity contribution in [2.75, 3.05) is 30.4 Å². The molecule has 150 valence electrons. The Kier molecular flexibility index (Phi) is 8.38. The monoisotopic (exact) mass is 407 g/mol. The quantitative estimate of drug-likeness (QED) is 0.688. The lowest BCUT2D eigenvalue weighted by atomic mass is 10.1. The van der Waals surface area contributed by atoms with Crippen LogP contribution in [0.4, 0.5) is 15.8 Å². The molecule has 28 heavy (non-hydrogen) atoms. The van der Waals surface area contributed by atoms with E-state index in [4.69, 9.17) is 4.74 Å². The van der Waals surface area contributed by atoms with Gasteiger partial charge >= 0.3 is 0 Å². The molecule has 3 rings (SSSR count). The Bertz CT molecular complexity index is 796. The molecule has 0 aromatic heterocycles. The van der Waals surface area contributed by atoms with Crippen molar-refractivity contribution in [3.05, 3.63) is 59.9 Å². The second-order valence-corrected chi connectivity index (χ2v) is 6.38. The van der Waals surface area contributed by atoms with Crippen molar-refractivity contribution in [2.45, 2.75) is 18.9 Å². The second kappa shape index (κ2) is 10.8. The number of morpholine rings is 1. The lowest BCUT2D eigenvalue weighted by molar-refractivity contribution is -0.117. The maximum Gasteiger partial charge on any atom is 0.228 e. The zero-order chi connectivity index (χ0) is 19.1. The summed E-state index contributed by atoms with van der Waals surface area (Å²) in [5, 5.41) is 8.61. The van der Waals surface area contributed by atoms with Gasteiger partial charge in [-0.2, -0.15) is 0 Å². The minimum Gasteiger partial charge on any atom is -0.378 e. The van der Waals surface area contributed by atoms with Crippen LogP contribution in [0.15, 0.2) is 48.5 Å². The van der Waals surface area contributed by atoms with Gasteiger partial charge in [0.15, 0.2) is 0 Å². The Morgan fingerprint density at radius 3 is 2.50 bits per heavy atom. The summed E-state index contributed by atoms with van der Waals surface area (Å²) in [6.45, 7) is 1.95. The molecule has 6 nitrogen and oxygen atoms in total. The molecule has 0 saturated carbocycles. The van der Waals surface area contributed by atoms with E-state index < -0.39 is 5.82 Å². The van der Waals surface area contributed by atoms with Crippen molar-refractivity contribution in [2.24, 2.45) is 0 Å². The summed E-state index contributed by atoms with van der Waals surface area (Å²) in [5.74, 6) is -0.870. The predicted molar refractivity (Wildman–Crippen MR) is 108 cm³/mol. The number of carbonyl (C=O) groups excluding carboxylic acids is 2. The van der Waals surface area contributed by atoms with E-state index in [1.165, 1.54) is 12.1 Å². The number of nitrogens with one attached hydrogen (secondary N) is 3. The molecule has 1 heterocycles. The number of amides is 2. The molecule has 3 N–H and O–H groups in total. The van der Waals surface area contributed by atoms with E-state index in [-0.39, 0.29) is 42.4 Å². The zero-order valence-corrected chi connectivity index (χ0v) is 16.1. The topological polar surface area (TPSA) is 79.5 Å². The lowest BCUT2D eigenvalue weighted by Gasteiger charge is -2.23. The first-order valence-corrected chi connectivity index (χ1v) is 8.84. The minimum absolute atomic E-state index is 0. The van der Waals surface area contributed by atoms with E-state index >= 15 is 0 Å². The number of para-hydroxylation sites is 1. The highest BCUT2D eigenvalue weighted by atomic mass is 35.5. The molecule has 1 aliphatic heterocycles. The first kappa shape index (κ1) is 21.8. The largest absolute Gasteiger partial charge is 0.378 e. The third-order valence-electron chi connectivity index (χ3n) is 4.18. The summed E-state index contributed by atoms with van der Waals surface area (Å²) in [5.41, 5.74) is 1.59. The van der Waals surface area contributed by atoms with Crippen LogP contribution < -0.4 is 16.0 Å². The fraction of sp³-hybridized carbons (Fsp3) is 0.300. The van der Waals surface area contributed by atoms with Crippen LogP contribution in [0.25, 0.3) is 0 Å².